The summed E-state index contributed by atoms with van der Waals surface area (Å²) in [5, 5.41) is 0.0270. The first-order valence-corrected chi connectivity index (χ1v) is 12.8. The van der Waals surface area contributed by atoms with Crippen LogP contribution in [-0.2, 0) is 19.7 Å². The van der Waals surface area contributed by atoms with E-state index in [9.17, 15) is 21.6 Å². The van der Waals surface area contributed by atoms with Crippen molar-refractivity contribution in [2.24, 2.45) is 5.73 Å². The van der Waals surface area contributed by atoms with Gasteiger partial charge in [0.1, 0.15) is 17.2 Å². The zero-order valence-electron chi connectivity index (χ0n) is 18.1. The number of rotatable bonds is 7. The topological polar surface area (TPSA) is 146 Å². The molecule has 9 nitrogen and oxygen atoms in total. The lowest BCUT2D eigenvalue weighted by Gasteiger charge is -2.11. The summed E-state index contributed by atoms with van der Waals surface area (Å²) in [6.07, 6.45) is 0. The summed E-state index contributed by atoms with van der Waals surface area (Å²) < 4.78 is 63.7. The lowest BCUT2D eigenvalue weighted by molar-refractivity contribution is 0.0996. The van der Waals surface area contributed by atoms with Gasteiger partial charge in [-0.05, 0) is 66.7 Å². The number of carbonyl (C=O) groups excluding carboxylic acids is 1. The number of sulfone groups is 2. The number of H-pyrrole nitrogens is 1. The van der Waals surface area contributed by atoms with Gasteiger partial charge in [0.25, 0.3) is 5.91 Å². The Hall–Kier alpha value is -3.83. The minimum absolute atomic E-state index is 0.0258. The van der Waals surface area contributed by atoms with Gasteiger partial charge in [-0.1, -0.05) is 0 Å². The van der Waals surface area contributed by atoms with Gasteiger partial charge in [-0.2, -0.15) is 0 Å². The highest BCUT2D eigenvalue weighted by atomic mass is 32.2. The van der Waals surface area contributed by atoms with E-state index in [0.717, 1.165) is 0 Å². The van der Waals surface area contributed by atoms with Crippen molar-refractivity contribution in [1.29, 1.82) is 0 Å². The smallest absolute Gasteiger partial charge is 0.265 e. The fraction of sp³-hybridized carbons (Fsp3) is 0.0870. The molecule has 0 aliphatic carbocycles. The predicted molar refractivity (Wildman–Crippen MR) is 124 cm³/mol. The Kier molecular flexibility index (Phi) is 5.84. The number of hydrogen-bond acceptors (Lipinski definition) is 7. The fourth-order valence-electron chi connectivity index (χ4n) is 3.52. The molecule has 1 amide bonds. The molecule has 0 bridgehead atoms. The van der Waals surface area contributed by atoms with Crippen LogP contribution in [0.3, 0.4) is 0 Å². The highest BCUT2D eigenvalue weighted by molar-refractivity contribution is 7.92. The average molecular weight is 501 g/mol. The molecule has 3 N–H and O–H groups in total. The number of carbonyl (C=O) groups is 1. The Bertz CT molecular complexity index is 1490. The summed E-state index contributed by atoms with van der Waals surface area (Å²) in [5.41, 5.74) is 5.22. The predicted octanol–water partition coefficient (Wildman–Crippen LogP) is 2.95. The lowest BCUT2D eigenvalue weighted by Crippen LogP contribution is -2.11. The van der Waals surface area contributed by atoms with Crippen molar-refractivity contribution in [2.75, 3.05) is 14.2 Å². The molecule has 4 aromatic rings. The Labute approximate surface area is 196 Å². The van der Waals surface area contributed by atoms with E-state index < -0.39 is 25.6 Å². The summed E-state index contributed by atoms with van der Waals surface area (Å²) in [6, 6.07) is 15.1. The number of nitrogens with two attached hydrogens (primary N) is 1. The first-order valence-electron chi connectivity index (χ1n) is 9.83. The maximum absolute atomic E-state index is 13.4. The van der Waals surface area contributed by atoms with E-state index >= 15 is 0 Å². The lowest BCUT2D eigenvalue weighted by atomic mass is 10.2. The van der Waals surface area contributed by atoms with E-state index in [2.05, 4.69) is 4.98 Å². The molecular formula is C23H20N2O7S2. The zero-order chi connectivity index (χ0) is 24.7. The Morgan fingerprint density at radius 3 is 1.62 bits per heavy atom. The van der Waals surface area contributed by atoms with Gasteiger partial charge in [-0.3, -0.25) is 4.79 Å². The molecule has 0 spiro atoms. The van der Waals surface area contributed by atoms with Crippen LogP contribution in [0.25, 0.3) is 10.9 Å². The van der Waals surface area contributed by atoms with Gasteiger partial charge < -0.3 is 20.2 Å². The van der Waals surface area contributed by atoms with Gasteiger partial charge in [0.15, 0.2) is 0 Å². The van der Waals surface area contributed by atoms with Gasteiger partial charge in [0.05, 0.1) is 39.3 Å². The van der Waals surface area contributed by atoms with Crippen LogP contribution in [0.1, 0.15) is 10.5 Å². The van der Waals surface area contributed by atoms with Crippen molar-refractivity contribution in [3.63, 3.8) is 0 Å². The summed E-state index contributed by atoms with van der Waals surface area (Å²) >= 11 is 0. The molecule has 34 heavy (non-hydrogen) atoms. The number of ether oxygens (including phenoxy) is 2. The number of aromatic amines is 1. The number of benzene rings is 3. The monoisotopic (exact) mass is 500 g/mol. The minimum atomic E-state index is -4.09. The maximum atomic E-state index is 13.4. The number of amides is 1. The van der Waals surface area contributed by atoms with Crippen LogP contribution in [-0.4, -0.2) is 41.9 Å². The van der Waals surface area contributed by atoms with E-state index in [-0.39, 0.29) is 36.2 Å². The van der Waals surface area contributed by atoms with Crippen molar-refractivity contribution >= 4 is 36.5 Å². The molecule has 176 valence electrons. The first kappa shape index (κ1) is 23.3. The second-order valence-corrected chi connectivity index (χ2v) is 11.1. The summed E-state index contributed by atoms with van der Waals surface area (Å²) in [7, 11) is -5.25. The first-order chi connectivity index (χ1) is 16.1. The molecule has 0 unspecified atom stereocenters. The van der Waals surface area contributed by atoms with Crippen molar-refractivity contribution in [3.8, 4) is 11.5 Å². The van der Waals surface area contributed by atoms with Gasteiger partial charge >= 0.3 is 0 Å². The largest absolute Gasteiger partial charge is 0.497 e. The SMILES string of the molecule is COc1ccc(S(=O)(=O)c2ccc(S(=O)(=O)c3ccc(OC)cc3)c3[nH]c(C(N)=O)cc23)cc1. The van der Waals surface area contributed by atoms with Crippen LogP contribution in [0.2, 0.25) is 0 Å². The van der Waals surface area contributed by atoms with Crippen LogP contribution in [0.15, 0.2) is 86.3 Å². The average Bonchev–Trinajstić information content (AvgIpc) is 3.29. The number of nitrogens with one attached hydrogen (secondary N) is 1. The van der Waals surface area contributed by atoms with Crippen molar-refractivity contribution < 1.29 is 31.1 Å². The van der Waals surface area contributed by atoms with E-state index in [0.29, 0.717) is 11.5 Å². The van der Waals surface area contributed by atoms with Crippen LogP contribution in [0.5, 0.6) is 11.5 Å². The molecule has 1 heterocycles. The van der Waals surface area contributed by atoms with Crippen LogP contribution in [0.4, 0.5) is 0 Å². The molecule has 0 saturated carbocycles. The van der Waals surface area contributed by atoms with Crippen molar-refractivity contribution in [1.82, 2.24) is 4.98 Å². The van der Waals surface area contributed by atoms with Crippen LogP contribution >= 0.6 is 0 Å². The number of methoxy groups -OCH3 is 2. The summed E-state index contributed by atoms with van der Waals surface area (Å²) in [4.78, 5) is 14.1. The molecule has 11 heteroatoms. The third-order valence-corrected chi connectivity index (χ3v) is 8.94. The second kappa shape index (κ2) is 8.50. The van der Waals surface area contributed by atoms with Crippen molar-refractivity contribution in [3.05, 3.63) is 72.4 Å². The normalized spacial score (nSPS) is 11.9. The third kappa shape index (κ3) is 3.88. The highest BCUT2D eigenvalue weighted by Gasteiger charge is 2.28. The van der Waals surface area contributed by atoms with Crippen LogP contribution in [0, 0.1) is 0 Å². The molecule has 0 saturated heterocycles. The Morgan fingerprint density at radius 2 is 1.18 bits per heavy atom. The van der Waals surface area contributed by atoms with Gasteiger partial charge in [0.2, 0.25) is 19.7 Å². The highest BCUT2D eigenvalue weighted by Crippen LogP contribution is 2.35. The Morgan fingerprint density at radius 1 is 0.735 bits per heavy atom. The number of fused-ring (bicyclic) bond motifs is 1. The molecule has 4 rings (SSSR count). The van der Waals surface area contributed by atoms with E-state index in [1.165, 1.54) is 80.9 Å². The molecule has 0 atom stereocenters. The van der Waals surface area contributed by atoms with Gasteiger partial charge in [-0.15, -0.1) is 0 Å². The van der Waals surface area contributed by atoms with E-state index in [4.69, 9.17) is 15.2 Å². The summed E-state index contributed by atoms with van der Waals surface area (Å²) in [5.74, 6) is 0.0837. The van der Waals surface area contributed by atoms with Gasteiger partial charge in [-0.25, -0.2) is 16.8 Å². The second-order valence-electron chi connectivity index (χ2n) is 7.26. The quantitative estimate of drug-likeness (QED) is 0.397. The molecule has 0 aliphatic rings. The molecule has 1 aromatic heterocycles. The van der Waals surface area contributed by atoms with Gasteiger partial charge in [0, 0.05) is 5.39 Å². The number of hydrogen-bond donors (Lipinski definition) is 2. The standard InChI is InChI=1S/C23H20N2O7S2/c1-31-14-3-7-16(8-4-14)33(27,28)20-11-12-21(22-18(20)13-19(25-22)23(24)26)34(29,30)17-9-5-15(32-2)6-10-17/h3-13,25H,1-2H3,(H2,24,26). The third-order valence-electron chi connectivity index (χ3n) is 5.30. The van der Waals surface area contributed by atoms with Crippen molar-refractivity contribution in [2.45, 2.75) is 19.6 Å². The molecule has 0 fully saturated rings. The van der Waals surface area contributed by atoms with E-state index in [1.807, 2.05) is 0 Å². The minimum Gasteiger partial charge on any atom is -0.497 e. The molecule has 0 aliphatic heterocycles. The number of aromatic nitrogens is 1. The van der Waals surface area contributed by atoms with E-state index in [1.54, 1.807) is 0 Å². The molecule has 3 aromatic carbocycles. The zero-order valence-corrected chi connectivity index (χ0v) is 19.7. The summed E-state index contributed by atoms with van der Waals surface area (Å²) in [6.45, 7) is 0. The van der Waals surface area contributed by atoms with Crippen LogP contribution < -0.4 is 15.2 Å². The number of primary amides is 1. The maximum Gasteiger partial charge on any atom is 0.265 e. The molecular weight excluding hydrogens is 480 g/mol. The molecule has 0 radical (unpaired) electrons. The Balaban J connectivity index is 1.95. The fourth-order valence-corrected chi connectivity index (χ4v) is 6.39.